The zero-order valence-corrected chi connectivity index (χ0v) is 28.0. The van der Waals surface area contributed by atoms with Crippen molar-refractivity contribution in [1.29, 1.82) is 0 Å². The predicted molar refractivity (Wildman–Crippen MR) is 181 cm³/mol. The van der Waals surface area contributed by atoms with Gasteiger partial charge in [0.1, 0.15) is 17.0 Å². The number of hydrogen-bond acceptors (Lipinski definition) is 8. The molecule has 9 nitrogen and oxygen atoms in total. The van der Waals surface area contributed by atoms with Gasteiger partial charge >= 0.3 is 0 Å². The highest BCUT2D eigenvalue weighted by Gasteiger charge is 2.56. The molecule has 0 saturated heterocycles. The number of pyridine rings is 1. The summed E-state index contributed by atoms with van der Waals surface area (Å²) in [6, 6.07) is 10.4. The molecule has 5 rings (SSSR count). The van der Waals surface area contributed by atoms with Crippen molar-refractivity contribution in [2.75, 3.05) is 24.8 Å². The van der Waals surface area contributed by atoms with E-state index in [4.69, 9.17) is 14.2 Å². The number of benzene rings is 2. The molecule has 1 fully saturated rings. The lowest BCUT2D eigenvalue weighted by atomic mass is 9.93. The Kier molecular flexibility index (Phi) is 11.0. The first-order valence-electron chi connectivity index (χ1n) is 15.9. The molecule has 3 aromatic rings. The molecular weight excluding hydrogens is 640 g/mol. The van der Waals surface area contributed by atoms with Crippen molar-refractivity contribution in [3.05, 3.63) is 78.4 Å². The average molecular weight is 680 g/mol. The van der Waals surface area contributed by atoms with Gasteiger partial charge in [-0.1, -0.05) is 24.6 Å². The number of amides is 2. The maximum Gasteiger partial charge on any atom is 0.240 e. The normalized spacial score (nSPS) is 19.3. The Morgan fingerprint density at radius 2 is 1.71 bits per heavy atom. The van der Waals surface area contributed by atoms with E-state index >= 15 is 4.39 Å². The number of alkyl halides is 1. The summed E-state index contributed by atoms with van der Waals surface area (Å²) < 4.78 is 46.8. The summed E-state index contributed by atoms with van der Waals surface area (Å²) >= 11 is 1.35. The lowest BCUT2D eigenvalue weighted by molar-refractivity contribution is -0.133. The van der Waals surface area contributed by atoms with E-state index in [1.165, 1.54) is 48.2 Å². The topological polar surface area (TPSA) is 116 Å². The van der Waals surface area contributed by atoms with Crippen LogP contribution in [-0.2, 0) is 14.4 Å². The third kappa shape index (κ3) is 8.33. The number of aromatic nitrogens is 1. The number of halogens is 2. The maximum atomic E-state index is 15.7. The Bertz CT molecular complexity index is 1730. The molecule has 2 aliphatic rings. The minimum absolute atomic E-state index is 0.140. The molecule has 2 N–H and O–H groups in total. The van der Waals surface area contributed by atoms with Crippen LogP contribution in [0.1, 0.15) is 52.4 Å². The number of thioether (sulfide) groups is 1. The lowest BCUT2D eigenvalue weighted by Crippen LogP contribution is -2.44. The van der Waals surface area contributed by atoms with Crippen molar-refractivity contribution in [1.82, 2.24) is 10.3 Å². The highest BCUT2D eigenvalue weighted by Crippen LogP contribution is 2.47. The van der Waals surface area contributed by atoms with Crippen LogP contribution in [-0.4, -0.2) is 53.2 Å². The van der Waals surface area contributed by atoms with Crippen LogP contribution in [0.3, 0.4) is 0 Å². The lowest BCUT2D eigenvalue weighted by Gasteiger charge is -2.33. The monoisotopic (exact) mass is 679 g/mol. The van der Waals surface area contributed by atoms with Crippen molar-refractivity contribution in [2.24, 2.45) is 5.41 Å². The Morgan fingerprint density at radius 1 is 0.979 bits per heavy atom. The third-order valence-electron chi connectivity index (χ3n) is 8.36. The maximum absolute atomic E-state index is 15.7. The Labute approximate surface area is 282 Å². The fourth-order valence-corrected chi connectivity index (χ4v) is 5.93. The number of carbonyl (C=O) groups excluding carboxylic acids is 3. The van der Waals surface area contributed by atoms with E-state index in [9.17, 15) is 18.8 Å². The standard InChI is InChI=1S/C36H39F2N3O6S/c1-23(42)48-19-7-5-4-6-18-46-31-22-28-27(21-30(31)45-3)29(13-17-39-28)47-35(2)14-12-26(20-32(35)38)41-34(44)36(15-16-36)33(43)40-25-10-8-24(37)9-11-25/h8-14,17,20-22,32H,4-7,15-16,18-19H2,1-3H3,(H,40,43)(H,41,44). The third-order valence-corrected chi connectivity index (χ3v) is 9.26. The number of nitrogens with zero attached hydrogens (tertiary/aromatic N) is 1. The van der Waals surface area contributed by atoms with E-state index in [1.54, 1.807) is 51.4 Å². The number of anilines is 1. The molecule has 2 aromatic carbocycles. The number of unbranched alkanes of at least 4 members (excludes halogenated alkanes) is 3. The van der Waals surface area contributed by atoms with Gasteiger partial charge in [0.2, 0.25) is 11.8 Å². The summed E-state index contributed by atoms with van der Waals surface area (Å²) in [6.07, 6.45) is 8.79. The largest absolute Gasteiger partial charge is 0.493 e. The van der Waals surface area contributed by atoms with Gasteiger partial charge in [-0.05, 0) is 87.2 Å². The molecule has 12 heteroatoms. The van der Waals surface area contributed by atoms with E-state index in [2.05, 4.69) is 15.6 Å². The van der Waals surface area contributed by atoms with Crippen LogP contribution in [0.2, 0.25) is 0 Å². The summed E-state index contributed by atoms with van der Waals surface area (Å²) in [5, 5.41) is 6.09. The molecule has 0 spiro atoms. The Hall–Kier alpha value is -4.45. The number of methoxy groups -OCH3 is 1. The highest BCUT2D eigenvalue weighted by molar-refractivity contribution is 8.13. The first kappa shape index (κ1) is 34.9. The van der Waals surface area contributed by atoms with Crippen molar-refractivity contribution < 1.29 is 37.4 Å². The highest BCUT2D eigenvalue weighted by atomic mass is 32.2. The predicted octanol–water partition coefficient (Wildman–Crippen LogP) is 7.07. The van der Waals surface area contributed by atoms with Crippen LogP contribution in [0.15, 0.2) is 72.6 Å². The van der Waals surface area contributed by atoms with Gasteiger partial charge in [0.25, 0.3) is 0 Å². The van der Waals surface area contributed by atoms with E-state index in [0.717, 1.165) is 31.4 Å². The fourth-order valence-electron chi connectivity index (χ4n) is 5.30. The van der Waals surface area contributed by atoms with Crippen molar-refractivity contribution in [3.63, 3.8) is 0 Å². The molecule has 2 aliphatic carbocycles. The van der Waals surface area contributed by atoms with Crippen LogP contribution >= 0.6 is 11.8 Å². The zero-order valence-electron chi connectivity index (χ0n) is 27.1. The SMILES string of the molecule is COc1cc2c(OC3(C)C=CC(NC(=O)C4(C(=O)Nc5ccc(F)cc5)CC4)=CC3F)ccnc2cc1OCCCCCCSC(C)=O. The molecule has 2 amide bonds. The molecule has 48 heavy (non-hydrogen) atoms. The van der Waals surface area contributed by atoms with Gasteiger partial charge in [0, 0.05) is 41.7 Å². The van der Waals surface area contributed by atoms with Gasteiger partial charge in [0.05, 0.1) is 19.2 Å². The fraction of sp³-hybridized carbons (Fsp3) is 0.389. The minimum Gasteiger partial charge on any atom is -0.493 e. The molecule has 2 unspecified atom stereocenters. The Balaban J connectivity index is 1.20. The zero-order chi connectivity index (χ0) is 34.3. The van der Waals surface area contributed by atoms with E-state index in [-0.39, 0.29) is 10.8 Å². The van der Waals surface area contributed by atoms with E-state index < -0.39 is 34.8 Å². The number of carbonyl (C=O) groups is 3. The molecule has 0 radical (unpaired) electrons. The van der Waals surface area contributed by atoms with Crippen LogP contribution in [0.5, 0.6) is 17.2 Å². The molecule has 254 valence electrons. The number of ether oxygens (including phenoxy) is 3. The van der Waals surface area contributed by atoms with Crippen LogP contribution in [0, 0.1) is 11.2 Å². The van der Waals surface area contributed by atoms with Crippen LogP contribution in [0.4, 0.5) is 14.5 Å². The summed E-state index contributed by atoms with van der Waals surface area (Å²) in [6.45, 7) is 3.67. The average Bonchev–Trinajstić information content (AvgIpc) is 3.88. The molecule has 1 saturated carbocycles. The second kappa shape index (κ2) is 15.2. The second-order valence-electron chi connectivity index (χ2n) is 12.1. The first-order valence-corrected chi connectivity index (χ1v) is 16.9. The van der Waals surface area contributed by atoms with Crippen molar-refractivity contribution in [3.8, 4) is 17.2 Å². The smallest absolute Gasteiger partial charge is 0.240 e. The summed E-state index contributed by atoms with van der Waals surface area (Å²) in [5.41, 5.74) is -1.51. The van der Waals surface area contributed by atoms with Gasteiger partial charge in [-0.2, -0.15) is 0 Å². The molecular formula is C36H39F2N3O6S. The molecule has 0 aliphatic heterocycles. The summed E-state index contributed by atoms with van der Waals surface area (Å²) in [4.78, 5) is 41.5. The van der Waals surface area contributed by atoms with E-state index in [1.807, 2.05) is 0 Å². The van der Waals surface area contributed by atoms with E-state index in [0.29, 0.717) is 53.3 Å². The van der Waals surface area contributed by atoms with Gasteiger partial charge in [0.15, 0.2) is 28.4 Å². The van der Waals surface area contributed by atoms with Gasteiger partial charge in [-0.25, -0.2) is 8.78 Å². The molecule has 2 atom stereocenters. The molecule has 0 bridgehead atoms. The summed E-state index contributed by atoms with van der Waals surface area (Å²) in [7, 11) is 1.54. The second-order valence-corrected chi connectivity index (χ2v) is 13.3. The minimum atomic E-state index is -1.64. The quantitative estimate of drug-likeness (QED) is 0.130. The summed E-state index contributed by atoms with van der Waals surface area (Å²) in [5.74, 6) is 0.772. The van der Waals surface area contributed by atoms with Crippen molar-refractivity contribution in [2.45, 2.75) is 64.1 Å². The van der Waals surface area contributed by atoms with Gasteiger partial charge in [-0.3, -0.25) is 19.4 Å². The van der Waals surface area contributed by atoms with Gasteiger partial charge in [-0.15, -0.1) is 0 Å². The van der Waals surface area contributed by atoms with Crippen molar-refractivity contribution >= 4 is 45.3 Å². The molecule has 1 heterocycles. The van der Waals surface area contributed by atoms with Crippen LogP contribution < -0.4 is 24.8 Å². The first-order chi connectivity index (χ1) is 23.0. The number of hydrogen-bond donors (Lipinski definition) is 2. The van der Waals surface area contributed by atoms with Crippen LogP contribution in [0.25, 0.3) is 10.9 Å². The van der Waals surface area contributed by atoms with Gasteiger partial charge < -0.3 is 24.8 Å². The number of nitrogens with one attached hydrogen (secondary N) is 2. The number of fused-ring (bicyclic) bond motifs is 1. The number of allylic oxidation sites excluding steroid dienone is 1. The number of rotatable bonds is 15. The molecule has 1 aromatic heterocycles. The Morgan fingerprint density at radius 3 is 2.40 bits per heavy atom.